The minimum absolute atomic E-state index is 0.238. The van der Waals surface area contributed by atoms with Crippen LogP contribution in [0, 0.1) is 12.7 Å². The zero-order chi connectivity index (χ0) is 18.6. The standard InChI is InChI=1S/C18H21FN2O3S/c1-13-4-6-15(7-5-13)14(2)20-18(22)12-21(25(3,23)24)17-10-8-16(19)9-11-17/h4-11,14H,12H2,1-3H3,(H,20,22)/t14-/m0/s1. The highest BCUT2D eigenvalue weighted by Gasteiger charge is 2.21. The number of sulfonamides is 1. The van der Waals surface area contributed by atoms with Gasteiger partial charge in [-0.3, -0.25) is 9.10 Å². The third kappa shape index (κ3) is 5.29. The molecule has 0 aliphatic heterocycles. The van der Waals surface area contributed by atoms with Crippen molar-refractivity contribution in [1.82, 2.24) is 5.32 Å². The summed E-state index contributed by atoms with van der Waals surface area (Å²) in [7, 11) is -3.68. The van der Waals surface area contributed by atoms with E-state index in [-0.39, 0.29) is 18.3 Å². The van der Waals surface area contributed by atoms with Gasteiger partial charge in [0.1, 0.15) is 12.4 Å². The van der Waals surface area contributed by atoms with Gasteiger partial charge in [-0.05, 0) is 43.7 Å². The summed E-state index contributed by atoms with van der Waals surface area (Å²) < 4.78 is 38.0. The maximum Gasteiger partial charge on any atom is 0.241 e. The molecule has 25 heavy (non-hydrogen) atoms. The first-order chi connectivity index (χ1) is 11.7. The van der Waals surface area contributed by atoms with E-state index < -0.39 is 21.7 Å². The highest BCUT2D eigenvalue weighted by Crippen LogP contribution is 2.18. The lowest BCUT2D eigenvalue weighted by Gasteiger charge is -2.23. The molecular formula is C18H21FN2O3S. The van der Waals surface area contributed by atoms with Crippen molar-refractivity contribution in [3.05, 3.63) is 65.5 Å². The number of anilines is 1. The van der Waals surface area contributed by atoms with E-state index in [9.17, 15) is 17.6 Å². The Bertz CT molecular complexity index is 834. The minimum Gasteiger partial charge on any atom is -0.348 e. The molecule has 1 amide bonds. The lowest BCUT2D eigenvalue weighted by molar-refractivity contribution is -0.120. The molecule has 0 spiro atoms. The summed E-state index contributed by atoms with van der Waals surface area (Å²) >= 11 is 0. The maximum absolute atomic E-state index is 13.0. The lowest BCUT2D eigenvalue weighted by Crippen LogP contribution is -2.41. The average molecular weight is 364 g/mol. The smallest absolute Gasteiger partial charge is 0.241 e. The zero-order valence-corrected chi connectivity index (χ0v) is 15.2. The Morgan fingerprint density at radius 2 is 1.68 bits per heavy atom. The van der Waals surface area contributed by atoms with Gasteiger partial charge in [0.15, 0.2) is 0 Å². The third-order valence-corrected chi connectivity index (χ3v) is 4.90. The van der Waals surface area contributed by atoms with E-state index in [0.717, 1.165) is 33.8 Å². The molecule has 0 heterocycles. The van der Waals surface area contributed by atoms with Crippen molar-refractivity contribution in [1.29, 1.82) is 0 Å². The van der Waals surface area contributed by atoms with Gasteiger partial charge in [0, 0.05) is 0 Å². The second-order valence-corrected chi connectivity index (χ2v) is 7.85. The third-order valence-electron chi connectivity index (χ3n) is 3.76. The maximum atomic E-state index is 13.0. The van der Waals surface area contributed by atoms with E-state index in [1.807, 2.05) is 38.1 Å². The van der Waals surface area contributed by atoms with Gasteiger partial charge < -0.3 is 5.32 Å². The topological polar surface area (TPSA) is 66.5 Å². The Hall–Kier alpha value is -2.41. The van der Waals surface area contributed by atoms with E-state index in [1.165, 1.54) is 12.1 Å². The Morgan fingerprint density at radius 1 is 1.12 bits per heavy atom. The summed E-state index contributed by atoms with van der Waals surface area (Å²) in [6.45, 7) is 3.42. The molecule has 0 saturated heterocycles. The first-order valence-electron chi connectivity index (χ1n) is 7.76. The molecule has 5 nitrogen and oxygen atoms in total. The van der Waals surface area contributed by atoms with Gasteiger partial charge in [0.2, 0.25) is 15.9 Å². The molecule has 2 rings (SSSR count). The normalized spacial score (nSPS) is 12.5. The van der Waals surface area contributed by atoms with Gasteiger partial charge in [0.05, 0.1) is 18.0 Å². The number of aryl methyl sites for hydroxylation is 1. The van der Waals surface area contributed by atoms with Gasteiger partial charge in [-0.2, -0.15) is 0 Å². The number of halogens is 1. The van der Waals surface area contributed by atoms with Crippen LogP contribution < -0.4 is 9.62 Å². The number of amides is 1. The molecule has 134 valence electrons. The molecule has 2 aromatic carbocycles. The summed E-state index contributed by atoms with van der Waals surface area (Å²) in [6.07, 6.45) is 1.01. The van der Waals surface area contributed by atoms with Crippen molar-refractivity contribution in [2.24, 2.45) is 0 Å². The van der Waals surface area contributed by atoms with Gasteiger partial charge in [-0.25, -0.2) is 12.8 Å². The molecule has 0 unspecified atom stereocenters. The van der Waals surface area contributed by atoms with Crippen molar-refractivity contribution < 1.29 is 17.6 Å². The van der Waals surface area contributed by atoms with Crippen LogP contribution in [0.5, 0.6) is 0 Å². The predicted octanol–water partition coefficient (Wildman–Crippen LogP) is 2.78. The van der Waals surface area contributed by atoms with Crippen LogP contribution in [0.1, 0.15) is 24.1 Å². The highest BCUT2D eigenvalue weighted by atomic mass is 32.2. The number of nitrogens with one attached hydrogen (secondary N) is 1. The summed E-state index contributed by atoms with van der Waals surface area (Å²) in [5.74, 6) is -0.919. The monoisotopic (exact) mass is 364 g/mol. The quantitative estimate of drug-likeness (QED) is 0.857. The molecule has 0 aliphatic carbocycles. The molecule has 0 bridgehead atoms. The van der Waals surface area contributed by atoms with E-state index in [2.05, 4.69) is 5.32 Å². The Morgan fingerprint density at radius 3 is 2.20 bits per heavy atom. The van der Waals surface area contributed by atoms with Gasteiger partial charge in [-0.1, -0.05) is 29.8 Å². The van der Waals surface area contributed by atoms with Crippen LogP contribution in [-0.2, 0) is 14.8 Å². The van der Waals surface area contributed by atoms with Gasteiger partial charge in [0.25, 0.3) is 0 Å². The predicted molar refractivity (Wildman–Crippen MR) is 96.3 cm³/mol. The van der Waals surface area contributed by atoms with Crippen LogP contribution in [0.4, 0.5) is 10.1 Å². The number of hydrogen-bond acceptors (Lipinski definition) is 3. The molecule has 0 aromatic heterocycles. The molecule has 0 saturated carbocycles. The number of carbonyl (C=O) groups is 1. The van der Waals surface area contributed by atoms with Crippen molar-refractivity contribution in [3.63, 3.8) is 0 Å². The second kappa shape index (κ2) is 7.65. The molecular weight excluding hydrogens is 343 g/mol. The van der Waals surface area contributed by atoms with Crippen LogP contribution in [0.2, 0.25) is 0 Å². The SMILES string of the molecule is Cc1ccc([C@H](C)NC(=O)CN(c2ccc(F)cc2)S(C)(=O)=O)cc1. The lowest BCUT2D eigenvalue weighted by atomic mass is 10.1. The fourth-order valence-electron chi connectivity index (χ4n) is 2.36. The van der Waals surface area contributed by atoms with Crippen LogP contribution in [-0.4, -0.2) is 27.1 Å². The molecule has 1 atom stereocenters. The summed E-state index contributed by atoms with van der Waals surface area (Å²) in [6, 6.07) is 12.4. The van der Waals surface area contributed by atoms with E-state index in [4.69, 9.17) is 0 Å². The van der Waals surface area contributed by atoms with Gasteiger partial charge in [-0.15, -0.1) is 0 Å². The molecule has 0 radical (unpaired) electrons. The molecule has 0 aliphatic rings. The molecule has 7 heteroatoms. The van der Waals surface area contributed by atoms with Crippen molar-refractivity contribution in [2.45, 2.75) is 19.9 Å². The fraction of sp³-hybridized carbons (Fsp3) is 0.278. The van der Waals surface area contributed by atoms with Crippen LogP contribution in [0.15, 0.2) is 48.5 Å². The summed E-state index contributed by atoms with van der Waals surface area (Å²) in [5, 5.41) is 2.78. The largest absolute Gasteiger partial charge is 0.348 e. The highest BCUT2D eigenvalue weighted by molar-refractivity contribution is 7.92. The average Bonchev–Trinajstić information content (AvgIpc) is 2.53. The Labute approximate surface area is 147 Å². The number of nitrogens with zero attached hydrogens (tertiary/aromatic N) is 1. The number of benzene rings is 2. The van der Waals surface area contributed by atoms with Crippen molar-refractivity contribution in [3.8, 4) is 0 Å². The number of hydrogen-bond donors (Lipinski definition) is 1. The van der Waals surface area contributed by atoms with E-state index in [0.29, 0.717) is 0 Å². The van der Waals surface area contributed by atoms with E-state index >= 15 is 0 Å². The molecule has 0 fully saturated rings. The summed E-state index contributed by atoms with van der Waals surface area (Å²) in [4.78, 5) is 12.3. The fourth-order valence-corrected chi connectivity index (χ4v) is 3.22. The minimum atomic E-state index is -3.68. The Kier molecular flexibility index (Phi) is 5.79. The van der Waals surface area contributed by atoms with Crippen LogP contribution >= 0.6 is 0 Å². The van der Waals surface area contributed by atoms with Crippen LogP contribution in [0.3, 0.4) is 0 Å². The zero-order valence-electron chi connectivity index (χ0n) is 14.4. The Balaban J connectivity index is 2.12. The number of rotatable bonds is 6. The second-order valence-electron chi connectivity index (χ2n) is 5.95. The van der Waals surface area contributed by atoms with E-state index in [1.54, 1.807) is 0 Å². The summed E-state index contributed by atoms with van der Waals surface area (Å²) in [5.41, 5.74) is 2.27. The number of carbonyl (C=O) groups excluding carboxylic acids is 1. The first-order valence-corrected chi connectivity index (χ1v) is 9.61. The van der Waals surface area contributed by atoms with Crippen molar-refractivity contribution in [2.75, 3.05) is 17.1 Å². The van der Waals surface area contributed by atoms with Crippen LogP contribution in [0.25, 0.3) is 0 Å². The van der Waals surface area contributed by atoms with Crippen molar-refractivity contribution >= 4 is 21.6 Å². The molecule has 2 aromatic rings. The molecule has 1 N–H and O–H groups in total. The first kappa shape index (κ1) is 18.9. The van der Waals surface area contributed by atoms with Gasteiger partial charge >= 0.3 is 0 Å².